The average Bonchev–Trinajstić information content (AvgIpc) is 2.57. The first-order chi connectivity index (χ1) is 8.41. The van der Waals surface area contributed by atoms with Gasteiger partial charge in [0, 0.05) is 23.5 Å². The number of halogens is 2. The zero-order valence-electron chi connectivity index (χ0n) is 9.56. The molecule has 0 radical (unpaired) electrons. The summed E-state index contributed by atoms with van der Waals surface area (Å²) in [4.78, 5) is 24.3. The Kier molecular flexibility index (Phi) is 3.50. The van der Waals surface area contributed by atoms with E-state index in [4.69, 9.17) is 23.2 Å². The molecule has 0 unspecified atom stereocenters. The van der Waals surface area contributed by atoms with E-state index in [-0.39, 0.29) is 12.3 Å². The predicted octanol–water partition coefficient (Wildman–Crippen LogP) is 2.60. The molecule has 1 heterocycles. The van der Waals surface area contributed by atoms with Gasteiger partial charge in [-0.2, -0.15) is 0 Å². The minimum absolute atomic E-state index is 0.00451. The SMILES string of the molecule is CN1C(=O)C[C@@H](C(=O)O)[C@H]1c1ccc(Cl)cc1Cl. The Morgan fingerprint density at radius 2 is 2.11 bits per heavy atom. The topological polar surface area (TPSA) is 57.6 Å². The first-order valence-electron chi connectivity index (χ1n) is 5.35. The smallest absolute Gasteiger partial charge is 0.309 e. The van der Waals surface area contributed by atoms with Gasteiger partial charge < -0.3 is 10.0 Å². The van der Waals surface area contributed by atoms with Crippen molar-refractivity contribution in [2.75, 3.05) is 7.05 Å². The molecular weight excluding hydrogens is 277 g/mol. The Balaban J connectivity index is 2.46. The van der Waals surface area contributed by atoms with E-state index in [2.05, 4.69) is 0 Å². The highest BCUT2D eigenvalue weighted by atomic mass is 35.5. The molecule has 0 saturated carbocycles. The van der Waals surface area contributed by atoms with Gasteiger partial charge in [-0.1, -0.05) is 29.3 Å². The quantitative estimate of drug-likeness (QED) is 0.910. The van der Waals surface area contributed by atoms with Crippen molar-refractivity contribution in [1.82, 2.24) is 4.90 Å². The maximum Gasteiger partial charge on any atom is 0.309 e. The molecule has 1 saturated heterocycles. The number of carbonyl (C=O) groups is 2. The Hall–Kier alpha value is -1.26. The van der Waals surface area contributed by atoms with Crippen molar-refractivity contribution >= 4 is 35.1 Å². The van der Waals surface area contributed by atoms with Gasteiger partial charge in [-0.25, -0.2) is 0 Å². The average molecular weight is 288 g/mol. The molecule has 2 rings (SSSR count). The van der Waals surface area contributed by atoms with Crippen LogP contribution < -0.4 is 0 Å². The van der Waals surface area contributed by atoms with Gasteiger partial charge in [-0.05, 0) is 17.7 Å². The van der Waals surface area contributed by atoms with Crippen molar-refractivity contribution in [3.05, 3.63) is 33.8 Å². The third kappa shape index (κ3) is 2.18. The molecular formula is C12H11Cl2NO3. The number of carboxylic acids is 1. The predicted molar refractivity (Wildman–Crippen MR) is 67.7 cm³/mol. The van der Waals surface area contributed by atoms with E-state index in [9.17, 15) is 14.7 Å². The summed E-state index contributed by atoms with van der Waals surface area (Å²) in [7, 11) is 1.58. The van der Waals surface area contributed by atoms with E-state index in [0.29, 0.717) is 15.6 Å². The second-order valence-corrected chi connectivity index (χ2v) is 5.11. The Morgan fingerprint density at radius 3 is 2.67 bits per heavy atom. The summed E-state index contributed by atoms with van der Waals surface area (Å²) >= 11 is 11.9. The standard InChI is InChI=1S/C12H11Cl2NO3/c1-15-10(16)5-8(12(17)18)11(15)7-3-2-6(13)4-9(7)14/h2-4,8,11H,5H2,1H3,(H,17,18)/t8-,11-/m1/s1. The van der Waals surface area contributed by atoms with Crippen LogP contribution in [0.2, 0.25) is 10.0 Å². The summed E-state index contributed by atoms with van der Waals surface area (Å²) in [5.74, 6) is -1.97. The third-order valence-corrected chi connectivity index (χ3v) is 3.75. The van der Waals surface area contributed by atoms with Crippen LogP contribution in [0.25, 0.3) is 0 Å². The van der Waals surface area contributed by atoms with Crippen LogP contribution in [0.5, 0.6) is 0 Å². The second kappa shape index (κ2) is 4.78. The second-order valence-electron chi connectivity index (χ2n) is 4.26. The van der Waals surface area contributed by atoms with E-state index in [1.165, 1.54) is 4.90 Å². The van der Waals surface area contributed by atoms with Crippen molar-refractivity contribution in [3.63, 3.8) is 0 Å². The van der Waals surface area contributed by atoms with Crippen LogP contribution in [0.3, 0.4) is 0 Å². The normalized spacial score (nSPS) is 23.5. The zero-order valence-corrected chi connectivity index (χ0v) is 11.1. The molecule has 6 heteroatoms. The van der Waals surface area contributed by atoms with Gasteiger partial charge in [0.15, 0.2) is 0 Å². The number of carboxylic acid groups (broad SMARTS) is 1. The number of carbonyl (C=O) groups excluding carboxylic acids is 1. The number of hydrogen-bond acceptors (Lipinski definition) is 2. The summed E-state index contributed by atoms with van der Waals surface area (Å²) in [6.07, 6.45) is -0.00451. The number of nitrogens with zero attached hydrogens (tertiary/aromatic N) is 1. The molecule has 18 heavy (non-hydrogen) atoms. The molecule has 1 N–H and O–H groups in total. The van der Waals surface area contributed by atoms with Gasteiger partial charge in [0.1, 0.15) is 0 Å². The van der Waals surface area contributed by atoms with Gasteiger partial charge in [-0.15, -0.1) is 0 Å². The fourth-order valence-electron chi connectivity index (χ4n) is 2.26. The van der Waals surface area contributed by atoms with Crippen molar-refractivity contribution in [2.24, 2.45) is 5.92 Å². The lowest BCUT2D eigenvalue weighted by Gasteiger charge is -2.24. The highest BCUT2D eigenvalue weighted by Gasteiger charge is 2.43. The minimum Gasteiger partial charge on any atom is -0.481 e. The molecule has 0 aliphatic carbocycles. The number of likely N-dealkylation sites (tertiary alicyclic amines) is 1. The lowest BCUT2D eigenvalue weighted by Crippen LogP contribution is -2.27. The van der Waals surface area contributed by atoms with Crippen LogP contribution in [0.1, 0.15) is 18.0 Å². The highest BCUT2D eigenvalue weighted by Crippen LogP contribution is 2.40. The lowest BCUT2D eigenvalue weighted by atomic mass is 9.94. The first kappa shape index (κ1) is 13.2. The van der Waals surface area contributed by atoms with E-state index in [1.807, 2.05) is 0 Å². The third-order valence-electron chi connectivity index (χ3n) is 3.18. The van der Waals surface area contributed by atoms with Crippen LogP contribution in [0, 0.1) is 5.92 Å². The molecule has 96 valence electrons. The minimum atomic E-state index is -0.997. The summed E-state index contributed by atoms with van der Waals surface area (Å²) in [6, 6.07) is 4.31. The van der Waals surface area contributed by atoms with Crippen molar-refractivity contribution < 1.29 is 14.7 Å². The van der Waals surface area contributed by atoms with Crippen molar-refractivity contribution in [3.8, 4) is 0 Å². The van der Waals surface area contributed by atoms with Crippen LogP contribution in [0.15, 0.2) is 18.2 Å². The highest BCUT2D eigenvalue weighted by molar-refractivity contribution is 6.35. The first-order valence-corrected chi connectivity index (χ1v) is 6.11. The van der Waals surface area contributed by atoms with E-state index < -0.39 is 17.9 Å². The van der Waals surface area contributed by atoms with Gasteiger partial charge in [-0.3, -0.25) is 9.59 Å². The van der Waals surface area contributed by atoms with Crippen LogP contribution in [-0.2, 0) is 9.59 Å². The molecule has 0 spiro atoms. The number of benzene rings is 1. The summed E-state index contributed by atoms with van der Waals surface area (Å²) in [6.45, 7) is 0. The van der Waals surface area contributed by atoms with Crippen molar-refractivity contribution in [1.29, 1.82) is 0 Å². The van der Waals surface area contributed by atoms with Crippen LogP contribution in [0.4, 0.5) is 0 Å². The van der Waals surface area contributed by atoms with Crippen molar-refractivity contribution in [2.45, 2.75) is 12.5 Å². The van der Waals surface area contributed by atoms with Gasteiger partial charge in [0.25, 0.3) is 0 Å². The van der Waals surface area contributed by atoms with Gasteiger partial charge >= 0.3 is 5.97 Å². The Bertz CT molecular complexity index is 518. The largest absolute Gasteiger partial charge is 0.481 e. The van der Waals surface area contributed by atoms with Crippen LogP contribution in [-0.4, -0.2) is 28.9 Å². The molecule has 2 atom stereocenters. The van der Waals surface area contributed by atoms with E-state index >= 15 is 0 Å². The summed E-state index contributed by atoms with van der Waals surface area (Å²) < 4.78 is 0. The van der Waals surface area contributed by atoms with Crippen LogP contribution >= 0.6 is 23.2 Å². The number of hydrogen-bond donors (Lipinski definition) is 1. The molecule has 1 aliphatic heterocycles. The zero-order chi connectivity index (χ0) is 13.4. The molecule has 4 nitrogen and oxygen atoms in total. The van der Waals surface area contributed by atoms with Gasteiger partial charge in [0.2, 0.25) is 5.91 Å². The molecule has 0 bridgehead atoms. The molecule has 0 aromatic heterocycles. The lowest BCUT2D eigenvalue weighted by molar-refractivity contribution is -0.142. The fourth-order valence-corrected chi connectivity index (χ4v) is 2.78. The number of rotatable bonds is 2. The fraction of sp³-hybridized carbons (Fsp3) is 0.333. The monoisotopic (exact) mass is 287 g/mol. The molecule has 1 aliphatic rings. The number of aliphatic carboxylic acids is 1. The summed E-state index contributed by atoms with van der Waals surface area (Å²) in [5, 5.41) is 10.0. The maximum atomic E-state index is 11.6. The van der Waals surface area contributed by atoms with Gasteiger partial charge in [0.05, 0.1) is 12.0 Å². The maximum absolute atomic E-state index is 11.6. The molecule has 1 aromatic rings. The Labute approximate surface area is 114 Å². The molecule has 1 fully saturated rings. The molecule has 1 amide bonds. The summed E-state index contributed by atoms with van der Waals surface area (Å²) in [5.41, 5.74) is 0.613. The Morgan fingerprint density at radius 1 is 1.44 bits per heavy atom. The molecule has 1 aromatic carbocycles. The number of amides is 1. The van der Waals surface area contributed by atoms with E-state index in [1.54, 1.807) is 25.2 Å². The van der Waals surface area contributed by atoms with E-state index in [0.717, 1.165) is 0 Å².